The van der Waals surface area contributed by atoms with Gasteiger partial charge in [-0.05, 0) is 52.3 Å². The zero-order valence-electron chi connectivity index (χ0n) is 11.9. The molecular formula is C18H12Cl3PS. The highest BCUT2D eigenvalue weighted by molar-refractivity contribution is 8.25. The summed E-state index contributed by atoms with van der Waals surface area (Å²) in [5.41, 5.74) is 0. The molecule has 0 N–H and O–H groups in total. The van der Waals surface area contributed by atoms with Gasteiger partial charge in [-0.15, -0.1) is 0 Å². The van der Waals surface area contributed by atoms with Gasteiger partial charge in [0, 0.05) is 21.1 Å². The Morgan fingerprint density at radius 3 is 0.913 bits per heavy atom. The third kappa shape index (κ3) is 3.50. The Morgan fingerprint density at radius 1 is 0.478 bits per heavy atom. The van der Waals surface area contributed by atoms with Crippen LogP contribution in [0.3, 0.4) is 0 Å². The smallest absolute Gasteiger partial charge is 0.0406 e. The lowest BCUT2D eigenvalue weighted by molar-refractivity contribution is 1.73. The van der Waals surface area contributed by atoms with Gasteiger partial charge in [0.25, 0.3) is 0 Å². The Morgan fingerprint density at radius 2 is 0.696 bits per heavy atom. The molecule has 0 amide bonds. The molecule has 3 aromatic rings. The van der Waals surface area contributed by atoms with E-state index in [2.05, 4.69) is 0 Å². The molecule has 0 spiro atoms. The van der Waals surface area contributed by atoms with E-state index in [9.17, 15) is 0 Å². The van der Waals surface area contributed by atoms with E-state index in [1.165, 1.54) is 0 Å². The maximum Gasteiger partial charge on any atom is 0.0406 e. The van der Waals surface area contributed by atoms with Gasteiger partial charge in [-0.25, -0.2) is 0 Å². The van der Waals surface area contributed by atoms with Crippen LogP contribution in [-0.2, 0) is 11.8 Å². The average Bonchev–Trinajstić information content (AvgIpc) is 2.56. The molecule has 3 aromatic carbocycles. The van der Waals surface area contributed by atoms with E-state index in [0.29, 0.717) is 15.1 Å². The summed E-state index contributed by atoms with van der Waals surface area (Å²) in [6.07, 6.45) is 0. The normalized spacial score (nSPS) is 11.4. The quantitative estimate of drug-likeness (QED) is 0.533. The maximum atomic E-state index is 6.21. The van der Waals surface area contributed by atoms with E-state index in [1.807, 2.05) is 72.8 Å². The Hall–Kier alpha value is -0.820. The molecule has 0 aliphatic carbocycles. The second-order valence-electron chi connectivity index (χ2n) is 5.04. The summed E-state index contributed by atoms with van der Waals surface area (Å²) < 4.78 is 0. The van der Waals surface area contributed by atoms with Gasteiger partial charge in [0.2, 0.25) is 0 Å². The molecule has 0 aliphatic heterocycles. The molecule has 0 unspecified atom stereocenters. The minimum Gasteiger partial charge on any atom is -0.0843 e. The van der Waals surface area contributed by atoms with E-state index in [1.54, 1.807) is 0 Å². The Bertz CT molecular complexity index is 739. The van der Waals surface area contributed by atoms with Crippen LogP contribution in [0.5, 0.6) is 0 Å². The van der Waals surface area contributed by atoms with Crippen molar-refractivity contribution < 1.29 is 0 Å². The SMILES string of the molecule is S=P(c1ccc(Cl)cc1)(c1ccc(Cl)cc1)c1ccc(Cl)cc1. The number of benzene rings is 3. The van der Waals surface area contributed by atoms with Crippen LogP contribution in [0, 0.1) is 0 Å². The lowest BCUT2D eigenvalue weighted by Gasteiger charge is -2.24. The monoisotopic (exact) mass is 396 g/mol. The molecule has 0 aromatic heterocycles. The third-order valence-corrected chi connectivity index (χ3v) is 9.30. The van der Waals surface area contributed by atoms with Gasteiger partial charge < -0.3 is 0 Å². The predicted octanol–water partition coefficient (Wildman–Crippen LogP) is 5.40. The number of rotatable bonds is 3. The molecule has 0 heterocycles. The van der Waals surface area contributed by atoms with Crippen molar-refractivity contribution in [1.82, 2.24) is 0 Å². The molecule has 0 saturated carbocycles. The van der Waals surface area contributed by atoms with Crippen molar-refractivity contribution in [2.45, 2.75) is 0 Å². The summed E-state index contributed by atoms with van der Waals surface area (Å²) in [7, 11) is 0. The summed E-state index contributed by atoms with van der Waals surface area (Å²) in [5.74, 6) is 0. The van der Waals surface area contributed by atoms with Crippen molar-refractivity contribution in [2.75, 3.05) is 0 Å². The molecule has 3 rings (SSSR count). The van der Waals surface area contributed by atoms with Crippen molar-refractivity contribution in [1.29, 1.82) is 0 Å². The second kappa shape index (κ2) is 6.97. The van der Waals surface area contributed by atoms with Crippen molar-refractivity contribution in [3.63, 3.8) is 0 Å². The molecule has 0 saturated heterocycles. The van der Waals surface area contributed by atoms with E-state index in [4.69, 9.17) is 46.6 Å². The largest absolute Gasteiger partial charge is 0.0843 e. The Kier molecular flexibility index (Phi) is 5.16. The maximum absolute atomic E-state index is 6.21. The lowest BCUT2D eigenvalue weighted by atomic mass is 10.3. The minimum absolute atomic E-state index is 0.697. The summed E-state index contributed by atoms with van der Waals surface area (Å²) in [6, 6.07) is 21.1. The molecule has 5 heteroatoms. The summed E-state index contributed by atoms with van der Waals surface area (Å²) >= 11 is 24.3. The van der Waals surface area contributed by atoms with Crippen LogP contribution >= 0.6 is 40.8 Å². The van der Waals surface area contributed by atoms with Gasteiger partial charge >= 0.3 is 0 Å². The number of hydrogen-bond donors (Lipinski definition) is 0. The first-order valence-corrected chi connectivity index (χ1v) is 10.8. The van der Waals surface area contributed by atoms with Crippen LogP contribution in [0.2, 0.25) is 15.1 Å². The van der Waals surface area contributed by atoms with Gasteiger partial charge in [0.1, 0.15) is 0 Å². The minimum atomic E-state index is -2.18. The summed E-state index contributed by atoms with van der Waals surface area (Å²) in [6.45, 7) is 0. The van der Waals surface area contributed by atoms with Crippen molar-refractivity contribution in [3.05, 3.63) is 87.9 Å². The highest BCUT2D eigenvalue weighted by Gasteiger charge is 2.24. The van der Waals surface area contributed by atoms with Crippen LogP contribution in [0.15, 0.2) is 72.8 Å². The van der Waals surface area contributed by atoms with E-state index < -0.39 is 6.04 Å². The van der Waals surface area contributed by atoms with Gasteiger partial charge in [-0.3, -0.25) is 0 Å². The van der Waals surface area contributed by atoms with E-state index in [0.717, 1.165) is 15.9 Å². The standard InChI is InChI=1S/C18H12Cl3PS/c19-13-1-7-16(8-2-13)22(23,17-9-3-14(20)4-10-17)18-11-5-15(21)6-12-18/h1-12H. The fourth-order valence-corrected chi connectivity index (χ4v) is 6.47. The first-order valence-electron chi connectivity index (χ1n) is 6.88. The van der Waals surface area contributed by atoms with E-state index >= 15 is 0 Å². The van der Waals surface area contributed by atoms with Gasteiger partial charge in [-0.1, -0.05) is 83.0 Å². The van der Waals surface area contributed by atoms with Gasteiger partial charge in [0.05, 0.1) is 0 Å². The fourth-order valence-electron chi connectivity index (χ4n) is 2.40. The number of halogens is 3. The number of hydrogen-bond acceptors (Lipinski definition) is 1. The van der Waals surface area contributed by atoms with Crippen LogP contribution in [-0.4, -0.2) is 0 Å². The Balaban J connectivity index is 2.24. The summed E-state index contributed by atoms with van der Waals surface area (Å²) in [4.78, 5) is 0. The van der Waals surface area contributed by atoms with Crippen molar-refractivity contribution in [2.24, 2.45) is 0 Å². The van der Waals surface area contributed by atoms with Crippen LogP contribution in [0.1, 0.15) is 0 Å². The molecule has 0 bridgehead atoms. The molecule has 116 valence electrons. The van der Waals surface area contributed by atoms with Crippen molar-refractivity contribution in [3.8, 4) is 0 Å². The molecular weight excluding hydrogens is 386 g/mol. The predicted molar refractivity (Wildman–Crippen MR) is 108 cm³/mol. The Labute approximate surface area is 156 Å². The first-order chi connectivity index (χ1) is 11.0. The fraction of sp³-hybridized carbons (Fsp3) is 0. The molecule has 0 radical (unpaired) electrons. The first kappa shape index (κ1) is 17.0. The van der Waals surface area contributed by atoms with Crippen LogP contribution < -0.4 is 15.9 Å². The third-order valence-electron chi connectivity index (χ3n) is 3.57. The average molecular weight is 398 g/mol. The zero-order valence-corrected chi connectivity index (χ0v) is 15.9. The van der Waals surface area contributed by atoms with Crippen LogP contribution in [0.25, 0.3) is 0 Å². The van der Waals surface area contributed by atoms with Gasteiger partial charge in [-0.2, -0.15) is 0 Å². The lowest BCUT2D eigenvalue weighted by Crippen LogP contribution is -2.24. The highest BCUT2D eigenvalue weighted by atomic mass is 35.5. The van der Waals surface area contributed by atoms with E-state index in [-0.39, 0.29) is 0 Å². The molecule has 0 atom stereocenters. The van der Waals surface area contributed by atoms with Crippen LogP contribution in [0.4, 0.5) is 0 Å². The zero-order chi connectivity index (χ0) is 16.4. The molecule has 0 aliphatic rings. The van der Waals surface area contributed by atoms with Gasteiger partial charge in [0.15, 0.2) is 0 Å². The molecule has 0 nitrogen and oxygen atoms in total. The molecule has 23 heavy (non-hydrogen) atoms. The highest BCUT2D eigenvalue weighted by Crippen LogP contribution is 2.43. The molecule has 0 fully saturated rings. The second-order valence-corrected chi connectivity index (χ2v) is 10.8. The summed E-state index contributed by atoms with van der Waals surface area (Å²) in [5, 5.41) is 5.34. The van der Waals surface area contributed by atoms with Crippen molar-refractivity contribution >= 4 is 68.6 Å². The topological polar surface area (TPSA) is 0 Å².